The normalized spacial score (nSPS) is 18.0. The number of fused-ring (bicyclic) bond motifs is 2. The molecule has 0 aromatic heterocycles. The van der Waals surface area contributed by atoms with Crippen molar-refractivity contribution in [2.45, 2.75) is 38.1 Å². The summed E-state index contributed by atoms with van der Waals surface area (Å²) in [5.74, 6) is -0.482. The van der Waals surface area contributed by atoms with Gasteiger partial charge >= 0.3 is 5.97 Å². The molecule has 0 amide bonds. The number of carbonyl (C=O) groups is 1. The van der Waals surface area contributed by atoms with E-state index in [1.165, 1.54) is 17.3 Å². The van der Waals surface area contributed by atoms with E-state index >= 15 is 0 Å². The third-order valence-electron chi connectivity index (χ3n) is 7.26. The van der Waals surface area contributed by atoms with E-state index in [0.29, 0.717) is 5.02 Å². The van der Waals surface area contributed by atoms with Crippen LogP contribution >= 0.6 is 23.4 Å². The summed E-state index contributed by atoms with van der Waals surface area (Å²) in [7, 11) is 0. The van der Waals surface area contributed by atoms with E-state index in [0.717, 1.165) is 33.8 Å². The van der Waals surface area contributed by atoms with E-state index in [-0.39, 0.29) is 17.1 Å². The van der Waals surface area contributed by atoms with Crippen molar-refractivity contribution in [3.05, 3.63) is 130 Å². The van der Waals surface area contributed by atoms with Gasteiger partial charge in [0, 0.05) is 21.7 Å². The molecule has 0 aliphatic carbocycles. The number of rotatable bonds is 5. The van der Waals surface area contributed by atoms with Crippen LogP contribution in [0.2, 0.25) is 5.02 Å². The van der Waals surface area contributed by atoms with Crippen molar-refractivity contribution in [2.75, 3.05) is 16.6 Å². The van der Waals surface area contributed by atoms with E-state index in [9.17, 15) is 4.79 Å². The largest absolute Gasteiger partial charge is 0.461 e. The van der Waals surface area contributed by atoms with E-state index in [1.807, 2.05) is 76.7 Å². The zero-order chi connectivity index (χ0) is 29.5. The minimum atomic E-state index is -1.08. The number of hydrogen-bond acceptors (Lipinski definition) is 7. The van der Waals surface area contributed by atoms with Crippen LogP contribution in [0.5, 0.6) is 0 Å². The molecule has 8 heteroatoms. The average Bonchev–Trinajstić information content (AvgIpc) is 3.39. The molecule has 2 heterocycles. The van der Waals surface area contributed by atoms with Crippen LogP contribution in [0.15, 0.2) is 113 Å². The molecule has 0 radical (unpaired) electrons. The monoisotopic (exact) mass is 594 g/mol. The number of ether oxygens (including phenoxy) is 1. The summed E-state index contributed by atoms with van der Waals surface area (Å²) in [5, 5.41) is 14.8. The Balaban J connectivity index is 1.61. The molecule has 2 aliphatic heterocycles. The van der Waals surface area contributed by atoms with E-state index in [4.69, 9.17) is 26.5 Å². The number of anilines is 2. The number of hydrogen-bond donors (Lipinski definition) is 0. The molecule has 42 heavy (non-hydrogen) atoms. The fourth-order valence-electron chi connectivity index (χ4n) is 5.23. The highest BCUT2D eigenvalue weighted by atomic mass is 35.5. The van der Waals surface area contributed by atoms with Crippen molar-refractivity contribution >= 4 is 51.5 Å². The molecule has 0 bridgehead atoms. The van der Waals surface area contributed by atoms with Gasteiger partial charge in [-0.15, -0.1) is 0 Å². The summed E-state index contributed by atoms with van der Waals surface area (Å²) < 4.78 is 5.43. The lowest BCUT2D eigenvalue weighted by Gasteiger charge is -2.47. The molecule has 0 saturated heterocycles. The molecule has 1 atom stereocenters. The zero-order valence-electron chi connectivity index (χ0n) is 23.9. The number of carbonyl (C=O) groups excluding carboxylic acids is 1. The molecule has 212 valence electrons. The highest BCUT2D eigenvalue weighted by molar-refractivity contribution is 8.16. The Hall–Kier alpha value is -4.07. The lowest BCUT2D eigenvalue weighted by molar-refractivity contribution is -0.134. The molecule has 0 unspecified atom stereocenters. The number of para-hydroxylation sites is 1. The summed E-state index contributed by atoms with van der Waals surface area (Å²) in [6, 6.07) is 34.2. The maximum Gasteiger partial charge on any atom is 0.365 e. The number of esters is 1. The molecule has 6 nitrogen and oxygen atoms in total. The Kier molecular flexibility index (Phi) is 7.33. The maximum absolute atomic E-state index is 13.2. The first-order chi connectivity index (χ1) is 20.2. The predicted octanol–water partition coefficient (Wildman–Crippen LogP) is 8.15. The first-order valence-corrected chi connectivity index (χ1v) is 15.1. The Morgan fingerprint density at radius 1 is 0.857 bits per heavy atom. The van der Waals surface area contributed by atoms with Gasteiger partial charge in [-0.1, -0.05) is 105 Å². The van der Waals surface area contributed by atoms with Crippen LogP contribution in [0.3, 0.4) is 0 Å². The molecule has 6 rings (SSSR count). The average molecular weight is 595 g/mol. The molecule has 4 aromatic carbocycles. The van der Waals surface area contributed by atoms with Crippen molar-refractivity contribution in [1.82, 2.24) is 0 Å². The van der Waals surface area contributed by atoms with Crippen molar-refractivity contribution in [2.24, 2.45) is 10.2 Å². The third-order valence-corrected chi connectivity index (χ3v) is 8.79. The summed E-state index contributed by atoms with van der Waals surface area (Å²) in [6.45, 7) is 8.66. The van der Waals surface area contributed by atoms with E-state index in [2.05, 4.69) is 57.2 Å². The Morgan fingerprint density at radius 2 is 1.52 bits per heavy atom. The van der Waals surface area contributed by atoms with Gasteiger partial charge in [0.2, 0.25) is 10.0 Å². The fraction of sp³-hybridized carbons (Fsp3) is 0.206. The van der Waals surface area contributed by atoms with Crippen LogP contribution in [-0.2, 0) is 19.9 Å². The van der Waals surface area contributed by atoms with Gasteiger partial charge < -0.3 is 4.74 Å². The van der Waals surface area contributed by atoms with Crippen molar-refractivity contribution < 1.29 is 9.53 Å². The minimum absolute atomic E-state index is 0.0315. The summed E-state index contributed by atoms with van der Waals surface area (Å²) >= 11 is 7.80. The summed E-state index contributed by atoms with van der Waals surface area (Å²) in [4.78, 5) is 12.1. The third kappa shape index (κ3) is 4.86. The first-order valence-electron chi connectivity index (χ1n) is 13.9. The van der Waals surface area contributed by atoms with Gasteiger partial charge in [-0.25, -0.2) is 14.8 Å². The highest BCUT2D eigenvalue weighted by Gasteiger charge is 2.56. The van der Waals surface area contributed by atoms with E-state index < -0.39 is 11.0 Å². The van der Waals surface area contributed by atoms with Gasteiger partial charge in [-0.3, -0.25) is 0 Å². The predicted molar refractivity (Wildman–Crippen MR) is 173 cm³/mol. The standard InChI is InChI=1S/C34H31ClN4O2S/c1-5-41-32(40)31-37-39(27-15-11-12-25(35)22-27)34(42-31)29-17-10-9-16-28(29)30(36-38(34)26-13-7-6-8-14-26)23-18-20-24(21-19-23)33(2,3)4/h6-22H,5H2,1-4H3/t34-/m0/s1. The number of benzene rings is 4. The maximum atomic E-state index is 13.2. The van der Waals surface area contributed by atoms with Crippen LogP contribution in [-0.4, -0.2) is 23.3 Å². The van der Waals surface area contributed by atoms with Crippen LogP contribution in [0, 0.1) is 0 Å². The summed E-state index contributed by atoms with van der Waals surface area (Å²) in [5.41, 5.74) is 6.56. The fourth-order valence-corrected chi connectivity index (χ4v) is 6.70. The van der Waals surface area contributed by atoms with Crippen molar-refractivity contribution in [1.29, 1.82) is 0 Å². The molecule has 2 aliphatic rings. The van der Waals surface area contributed by atoms with Gasteiger partial charge in [0.15, 0.2) is 0 Å². The second-order valence-corrected chi connectivity index (χ2v) is 12.7. The topological polar surface area (TPSA) is 57.5 Å². The van der Waals surface area contributed by atoms with Gasteiger partial charge in [-0.2, -0.15) is 10.2 Å². The van der Waals surface area contributed by atoms with Crippen LogP contribution in [0.4, 0.5) is 11.4 Å². The molecule has 4 aromatic rings. The smallest absolute Gasteiger partial charge is 0.365 e. The molecule has 0 saturated carbocycles. The molecule has 0 fully saturated rings. The number of hydrazone groups is 2. The van der Waals surface area contributed by atoms with Crippen LogP contribution in [0.1, 0.15) is 49.9 Å². The number of halogens is 1. The quantitative estimate of drug-likeness (QED) is 0.218. The number of nitrogens with zero attached hydrogens (tertiary/aromatic N) is 4. The molecular formula is C34H31ClN4O2S. The van der Waals surface area contributed by atoms with Gasteiger partial charge in [0.1, 0.15) is 0 Å². The second kappa shape index (κ2) is 11.0. The van der Waals surface area contributed by atoms with Crippen LogP contribution < -0.4 is 10.0 Å². The van der Waals surface area contributed by atoms with Gasteiger partial charge in [0.05, 0.1) is 23.7 Å². The van der Waals surface area contributed by atoms with Crippen LogP contribution in [0.25, 0.3) is 0 Å². The highest BCUT2D eigenvalue weighted by Crippen LogP contribution is 2.55. The molecule has 0 N–H and O–H groups in total. The van der Waals surface area contributed by atoms with Gasteiger partial charge in [0.25, 0.3) is 0 Å². The molecule has 1 spiro atoms. The first kappa shape index (κ1) is 28.1. The zero-order valence-corrected chi connectivity index (χ0v) is 25.5. The van der Waals surface area contributed by atoms with Crippen molar-refractivity contribution in [3.8, 4) is 0 Å². The Labute approximate surface area is 255 Å². The van der Waals surface area contributed by atoms with Crippen molar-refractivity contribution in [3.63, 3.8) is 0 Å². The Morgan fingerprint density at radius 3 is 2.21 bits per heavy atom. The van der Waals surface area contributed by atoms with E-state index in [1.54, 1.807) is 6.92 Å². The Bertz CT molecular complexity index is 1700. The lowest BCUT2D eigenvalue weighted by Crippen LogP contribution is -2.54. The SMILES string of the molecule is CCOC(=O)C1=NN(c2cccc(Cl)c2)[C@]2(S1)c1ccccc1C(c1ccc(C(C)(C)C)cc1)=NN2c1ccccc1. The lowest BCUT2D eigenvalue weighted by atomic mass is 9.85. The minimum Gasteiger partial charge on any atom is -0.461 e. The second-order valence-electron chi connectivity index (χ2n) is 11.1. The van der Waals surface area contributed by atoms with Gasteiger partial charge in [-0.05, 0) is 60.0 Å². The number of thioether (sulfide) groups is 1. The summed E-state index contributed by atoms with van der Waals surface area (Å²) in [6.07, 6.45) is 0. The molecular weight excluding hydrogens is 564 g/mol.